The summed E-state index contributed by atoms with van der Waals surface area (Å²) in [5.74, 6) is -0.160. The molecule has 1 aromatic heterocycles. The van der Waals surface area contributed by atoms with Crippen molar-refractivity contribution >= 4 is 23.8 Å². The molecule has 1 atom stereocenters. The number of oxazole rings is 1. The van der Waals surface area contributed by atoms with Crippen LogP contribution >= 0.6 is 0 Å². The van der Waals surface area contributed by atoms with Crippen LogP contribution in [0.1, 0.15) is 67.6 Å². The highest BCUT2D eigenvalue weighted by Crippen LogP contribution is 2.29. The first-order valence-corrected chi connectivity index (χ1v) is 13.6. The second kappa shape index (κ2) is 12.6. The van der Waals surface area contributed by atoms with Crippen LogP contribution in [0.4, 0.5) is 6.01 Å². The Kier molecular flexibility index (Phi) is 9.22. The average molecular weight is 529 g/mol. The lowest BCUT2D eigenvalue weighted by molar-refractivity contribution is -0.124. The van der Waals surface area contributed by atoms with E-state index in [1.165, 1.54) is 6.42 Å². The van der Waals surface area contributed by atoms with Crippen LogP contribution < -0.4 is 16.4 Å². The van der Waals surface area contributed by atoms with E-state index in [-0.39, 0.29) is 17.7 Å². The Labute approximate surface area is 224 Å². The number of hydrogen-bond donors (Lipinski definition) is 3. The third-order valence-corrected chi connectivity index (χ3v) is 7.83. The first kappa shape index (κ1) is 27.9. The third kappa shape index (κ3) is 7.02. The Bertz CT molecular complexity index is 1040. The Morgan fingerprint density at radius 3 is 2.50 bits per heavy atom. The van der Waals surface area contributed by atoms with Gasteiger partial charge in [-0.2, -0.15) is 10.2 Å². The summed E-state index contributed by atoms with van der Waals surface area (Å²) in [5.41, 5.74) is 4.88. The number of hydrogen-bond acceptors (Lipinski definition) is 8. The van der Waals surface area contributed by atoms with E-state index in [0.717, 1.165) is 38.8 Å². The topological polar surface area (TPSA) is 162 Å². The predicted molar refractivity (Wildman–Crippen MR) is 141 cm³/mol. The Morgan fingerprint density at radius 1 is 1.21 bits per heavy atom. The van der Waals surface area contributed by atoms with Gasteiger partial charge in [0.1, 0.15) is 11.6 Å². The number of primary amides is 1. The van der Waals surface area contributed by atoms with Gasteiger partial charge in [-0.25, -0.2) is 4.99 Å². The summed E-state index contributed by atoms with van der Waals surface area (Å²) < 4.78 is 11.1. The Morgan fingerprint density at radius 2 is 1.89 bits per heavy atom. The van der Waals surface area contributed by atoms with Gasteiger partial charge in [0.2, 0.25) is 17.6 Å². The Balaban J connectivity index is 1.62. The molecule has 1 saturated carbocycles. The highest BCUT2D eigenvalue weighted by Gasteiger charge is 2.38. The van der Waals surface area contributed by atoms with Crippen molar-refractivity contribution in [3.8, 4) is 6.07 Å². The van der Waals surface area contributed by atoms with Crippen LogP contribution in [-0.4, -0.2) is 90.6 Å². The van der Waals surface area contributed by atoms with Crippen LogP contribution in [0.25, 0.3) is 0 Å². The highest BCUT2D eigenvalue weighted by molar-refractivity contribution is 5.96. The molecule has 1 aliphatic carbocycles. The predicted octanol–water partition coefficient (Wildman–Crippen LogP) is 1.63. The summed E-state index contributed by atoms with van der Waals surface area (Å²) in [5, 5.41) is 16.2. The molecule has 2 saturated heterocycles. The van der Waals surface area contributed by atoms with E-state index < -0.39 is 17.5 Å². The number of aromatic nitrogens is 1. The second-order valence-corrected chi connectivity index (χ2v) is 10.7. The SMILES string of the molecule is Cc1nc(NC(=NC(CC2CCCCC2)C(=O)NC2(C#N)CCN(C)CC2)N2CCOCC2)oc1C(N)=O. The second-order valence-electron chi connectivity index (χ2n) is 10.7. The zero-order chi connectivity index (χ0) is 27.1. The number of likely N-dealkylation sites (tertiary alicyclic amines) is 1. The molecule has 0 spiro atoms. The largest absolute Gasteiger partial charge is 0.418 e. The number of ether oxygens (including phenoxy) is 1. The molecule has 2 aliphatic heterocycles. The maximum Gasteiger partial charge on any atom is 0.302 e. The quantitative estimate of drug-likeness (QED) is 0.353. The van der Waals surface area contributed by atoms with Crippen molar-refractivity contribution in [2.45, 2.75) is 69.9 Å². The molecule has 0 radical (unpaired) electrons. The number of nitrogens with zero attached hydrogens (tertiary/aromatic N) is 5. The van der Waals surface area contributed by atoms with Crippen molar-refractivity contribution in [1.29, 1.82) is 5.26 Å². The molecule has 3 heterocycles. The normalized spacial score (nSPS) is 21.9. The molecule has 12 nitrogen and oxygen atoms in total. The first-order valence-electron chi connectivity index (χ1n) is 13.6. The van der Waals surface area contributed by atoms with E-state index in [1.54, 1.807) is 6.92 Å². The number of anilines is 1. The van der Waals surface area contributed by atoms with Gasteiger partial charge in [-0.3, -0.25) is 14.9 Å². The van der Waals surface area contributed by atoms with Gasteiger partial charge in [0.25, 0.3) is 5.91 Å². The van der Waals surface area contributed by atoms with E-state index in [1.807, 2.05) is 11.9 Å². The minimum absolute atomic E-state index is 0.0245. The molecule has 4 N–H and O–H groups in total. The average Bonchev–Trinajstić information content (AvgIpc) is 3.30. The monoisotopic (exact) mass is 528 g/mol. The summed E-state index contributed by atoms with van der Waals surface area (Å²) in [6.07, 6.45) is 7.39. The number of guanidine groups is 1. The van der Waals surface area contributed by atoms with Crippen LogP contribution in [0, 0.1) is 24.2 Å². The number of carbonyl (C=O) groups excluding carboxylic acids is 2. The number of carbonyl (C=O) groups is 2. The maximum absolute atomic E-state index is 13.8. The summed E-state index contributed by atoms with van der Waals surface area (Å²) in [6, 6.07) is 1.78. The molecule has 208 valence electrons. The molecule has 3 aliphatic rings. The van der Waals surface area contributed by atoms with Gasteiger partial charge >= 0.3 is 6.01 Å². The van der Waals surface area contributed by atoms with E-state index in [4.69, 9.17) is 19.9 Å². The van der Waals surface area contributed by atoms with Gasteiger partial charge in [-0.15, -0.1) is 0 Å². The van der Waals surface area contributed by atoms with E-state index in [0.29, 0.717) is 63.1 Å². The number of morpholine rings is 1. The molecule has 3 fully saturated rings. The van der Waals surface area contributed by atoms with Gasteiger partial charge in [-0.1, -0.05) is 32.1 Å². The number of rotatable bonds is 7. The van der Waals surface area contributed by atoms with Crippen LogP contribution in [0.3, 0.4) is 0 Å². The number of nitriles is 1. The van der Waals surface area contributed by atoms with Gasteiger partial charge in [0.15, 0.2) is 0 Å². The number of aliphatic imine (C=N–C) groups is 1. The van der Waals surface area contributed by atoms with E-state index >= 15 is 0 Å². The first-order chi connectivity index (χ1) is 18.3. The zero-order valence-corrected chi connectivity index (χ0v) is 22.5. The molecule has 4 rings (SSSR count). The Hall–Kier alpha value is -3.17. The van der Waals surface area contributed by atoms with Crippen LogP contribution in [0.2, 0.25) is 0 Å². The molecule has 0 aromatic carbocycles. The van der Waals surface area contributed by atoms with E-state index in [2.05, 4.69) is 26.6 Å². The summed E-state index contributed by atoms with van der Waals surface area (Å²) in [6.45, 7) is 5.31. The van der Waals surface area contributed by atoms with Gasteiger partial charge < -0.3 is 30.0 Å². The van der Waals surface area contributed by atoms with Crippen molar-refractivity contribution in [3.05, 3.63) is 11.5 Å². The number of aryl methyl sites for hydroxylation is 1. The molecule has 12 heteroatoms. The molecule has 1 aromatic rings. The smallest absolute Gasteiger partial charge is 0.302 e. The highest BCUT2D eigenvalue weighted by atomic mass is 16.5. The lowest BCUT2D eigenvalue weighted by Crippen LogP contribution is -2.56. The fraction of sp³-hybridized carbons (Fsp3) is 0.731. The van der Waals surface area contributed by atoms with Crippen LogP contribution in [0.15, 0.2) is 9.41 Å². The van der Waals surface area contributed by atoms with Crippen molar-refractivity contribution in [3.63, 3.8) is 0 Å². The fourth-order valence-electron chi connectivity index (χ4n) is 5.43. The molecular weight excluding hydrogens is 488 g/mol. The van der Waals surface area contributed by atoms with Gasteiger partial charge in [-0.05, 0) is 39.2 Å². The molecular formula is C26H40N8O4. The summed E-state index contributed by atoms with van der Waals surface area (Å²) in [7, 11) is 2.02. The van der Waals surface area contributed by atoms with Gasteiger partial charge in [0, 0.05) is 26.2 Å². The zero-order valence-electron chi connectivity index (χ0n) is 22.5. The van der Waals surface area contributed by atoms with Gasteiger partial charge in [0.05, 0.1) is 25.0 Å². The lowest BCUT2D eigenvalue weighted by Gasteiger charge is -2.37. The molecule has 0 bridgehead atoms. The van der Waals surface area contributed by atoms with Crippen molar-refractivity contribution in [1.82, 2.24) is 20.1 Å². The fourth-order valence-corrected chi connectivity index (χ4v) is 5.43. The lowest BCUT2D eigenvalue weighted by atomic mass is 9.84. The number of amides is 2. The third-order valence-electron chi connectivity index (χ3n) is 7.83. The van der Waals surface area contributed by atoms with Crippen LogP contribution in [0.5, 0.6) is 0 Å². The maximum atomic E-state index is 13.8. The van der Waals surface area contributed by atoms with Crippen LogP contribution in [-0.2, 0) is 9.53 Å². The minimum Gasteiger partial charge on any atom is -0.418 e. The molecule has 1 unspecified atom stereocenters. The molecule has 2 amide bonds. The number of nitrogens with one attached hydrogen (secondary N) is 2. The number of nitrogens with two attached hydrogens (primary N) is 1. The summed E-state index contributed by atoms with van der Waals surface area (Å²) in [4.78, 5) is 38.9. The van der Waals surface area contributed by atoms with E-state index in [9.17, 15) is 14.9 Å². The van der Waals surface area contributed by atoms with Crippen molar-refractivity contribution in [2.75, 3.05) is 51.8 Å². The molecule has 38 heavy (non-hydrogen) atoms. The van der Waals surface area contributed by atoms with Crippen molar-refractivity contribution in [2.24, 2.45) is 16.6 Å². The summed E-state index contributed by atoms with van der Waals surface area (Å²) >= 11 is 0. The minimum atomic E-state index is -0.896. The standard InChI is InChI=1S/C26H40N8O4/c1-18-21(22(28)35)38-25(29-18)31-24(34-12-14-37-15-13-34)30-20(16-19-6-4-3-5-7-19)23(36)32-26(17-27)8-10-33(2)11-9-26/h19-20H,3-16H2,1-2H3,(H2,28,35)(H,32,36)(H,29,30,31). The number of piperidine rings is 1. The van der Waals surface area contributed by atoms with Crippen molar-refractivity contribution < 1.29 is 18.7 Å².